The Kier molecular flexibility index (Phi) is 2.31. The molecule has 0 saturated heterocycles. The Balaban J connectivity index is 2.60. The number of carbonyl (C=O) groups is 1. The van der Waals surface area contributed by atoms with Crippen LogP contribution in [0.2, 0.25) is 0 Å². The van der Waals surface area contributed by atoms with Crippen LogP contribution in [0.25, 0.3) is 0 Å². The quantitative estimate of drug-likeness (QED) is 0.698. The van der Waals surface area contributed by atoms with Crippen LogP contribution in [0.1, 0.15) is 15.9 Å². The van der Waals surface area contributed by atoms with E-state index in [4.69, 9.17) is 0 Å². The molecule has 1 aliphatic rings. The van der Waals surface area contributed by atoms with Crippen LogP contribution in [0.15, 0.2) is 16.6 Å². The molecule has 1 aromatic carbocycles. The summed E-state index contributed by atoms with van der Waals surface area (Å²) in [5.41, 5.74) is 1.02. The van der Waals surface area contributed by atoms with Gasteiger partial charge in [-0.05, 0) is 18.6 Å². The molecule has 0 atom stereocenters. The summed E-state index contributed by atoms with van der Waals surface area (Å²) in [5.74, 6) is -0.401. The lowest BCUT2D eigenvalue weighted by Gasteiger charge is -2.25. The molecule has 0 fully saturated rings. The van der Waals surface area contributed by atoms with Crippen molar-refractivity contribution >= 4 is 21.8 Å². The zero-order valence-corrected chi connectivity index (χ0v) is 9.27. The summed E-state index contributed by atoms with van der Waals surface area (Å²) in [5, 5.41) is 0. The van der Waals surface area contributed by atoms with Crippen molar-refractivity contribution in [3.8, 4) is 0 Å². The maximum atomic E-state index is 13.4. The lowest BCUT2D eigenvalue weighted by Crippen LogP contribution is -2.34. The number of hydrogen-bond acceptors (Lipinski definition) is 1. The normalized spacial score (nSPS) is 15.6. The third-order valence-corrected chi connectivity index (χ3v) is 2.89. The van der Waals surface area contributed by atoms with Crippen LogP contribution >= 0.6 is 15.9 Å². The van der Waals surface area contributed by atoms with Gasteiger partial charge in [0, 0.05) is 29.2 Å². The van der Waals surface area contributed by atoms with Crippen LogP contribution in [0, 0.1) is 5.82 Å². The summed E-state index contributed by atoms with van der Waals surface area (Å²) in [4.78, 5) is 13.3. The van der Waals surface area contributed by atoms with E-state index in [-0.39, 0.29) is 11.7 Å². The number of likely N-dealkylation sites (N-methyl/N-ethyl adjacent to an activating group) is 1. The number of halogens is 2. The van der Waals surface area contributed by atoms with Crippen LogP contribution in [0.4, 0.5) is 4.39 Å². The van der Waals surface area contributed by atoms with E-state index < -0.39 is 0 Å². The molecule has 0 unspecified atom stereocenters. The van der Waals surface area contributed by atoms with Gasteiger partial charge in [-0.3, -0.25) is 4.79 Å². The average molecular weight is 258 g/mol. The Morgan fingerprint density at radius 2 is 2.21 bits per heavy atom. The van der Waals surface area contributed by atoms with Gasteiger partial charge in [0.1, 0.15) is 5.82 Å². The SMILES string of the molecule is CN1CCc2c(F)cc(Br)cc2C1=O. The maximum Gasteiger partial charge on any atom is 0.254 e. The second kappa shape index (κ2) is 3.35. The Bertz CT molecular complexity index is 405. The van der Waals surface area contributed by atoms with Gasteiger partial charge in [-0.25, -0.2) is 4.39 Å². The minimum Gasteiger partial charge on any atom is -0.341 e. The van der Waals surface area contributed by atoms with E-state index in [1.54, 1.807) is 18.0 Å². The fourth-order valence-corrected chi connectivity index (χ4v) is 2.06. The van der Waals surface area contributed by atoms with E-state index in [1.165, 1.54) is 6.07 Å². The second-order valence-corrected chi connectivity index (χ2v) is 4.31. The van der Waals surface area contributed by atoms with Gasteiger partial charge < -0.3 is 4.90 Å². The van der Waals surface area contributed by atoms with Crippen molar-refractivity contribution in [3.63, 3.8) is 0 Å². The first-order chi connectivity index (χ1) is 6.59. The lowest BCUT2D eigenvalue weighted by atomic mass is 9.99. The van der Waals surface area contributed by atoms with Gasteiger partial charge in [-0.1, -0.05) is 15.9 Å². The fraction of sp³-hybridized carbons (Fsp3) is 0.300. The molecule has 0 spiro atoms. The molecule has 0 aliphatic carbocycles. The predicted octanol–water partition coefficient (Wildman–Crippen LogP) is 2.22. The highest BCUT2D eigenvalue weighted by molar-refractivity contribution is 9.10. The Morgan fingerprint density at radius 3 is 2.93 bits per heavy atom. The summed E-state index contributed by atoms with van der Waals surface area (Å²) in [7, 11) is 1.73. The molecule has 2 nitrogen and oxygen atoms in total. The zero-order valence-electron chi connectivity index (χ0n) is 7.68. The van der Waals surface area contributed by atoms with Crippen molar-refractivity contribution in [2.24, 2.45) is 0 Å². The van der Waals surface area contributed by atoms with Gasteiger partial charge in [-0.2, -0.15) is 0 Å². The van der Waals surface area contributed by atoms with Gasteiger partial charge in [0.2, 0.25) is 0 Å². The van der Waals surface area contributed by atoms with E-state index in [9.17, 15) is 9.18 Å². The molecule has 0 aromatic heterocycles. The molecule has 1 aliphatic heterocycles. The van der Waals surface area contributed by atoms with Crippen molar-refractivity contribution in [1.82, 2.24) is 4.90 Å². The Hall–Kier alpha value is -0.900. The monoisotopic (exact) mass is 257 g/mol. The van der Waals surface area contributed by atoms with Gasteiger partial charge in [-0.15, -0.1) is 0 Å². The summed E-state index contributed by atoms with van der Waals surface area (Å²) in [6.07, 6.45) is 0.594. The van der Waals surface area contributed by atoms with E-state index >= 15 is 0 Å². The number of nitrogens with zero attached hydrogens (tertiary/aromatic N) is 1. The largest absolute Gasteiger partial charge is 0.341 e. The standard InChI is InChI=1S/C10H9BrFNO/c1-13-3-2-7-8(10(13)14)4-6(11)5-9(7)12/h4-5H,2-3H2,1H3. The van der Waals surface area contributed by atoms with E-state index in [1.807, 2.05) is 0 Å². The third-order valence-electron chi connectivity index (χ3n) is 2.43. The van der Waals surface area contributed by atoms with Crippen LogP contribution in [-0.4, -0.2) is 24.4 Å². The first-order valence-electron chi connectivity index (χ1n) is 4.33. The molecular weight excluding hydrogens is 249 g/mol. The second-order valence-electron chi connectivity index (χ2n) is 3.39. The van der Waals surface area contributed by atoms with Gasteiger partial charge >= 0.3 is 0 Å². The minimum absolute atomic E-state index is 0.105. The molecule has 74 valence electrons. The molecule has 4 heteroatoms. The maximum absolute atomic E-state index is 13.4. The van der Waals surface area contributed by atoms with Crippen molar-refractivity contribution in [1.29, 1.82) is 0 Å². The van der Waals surface area contributed by atoms with Crippen LogP contribution in [-0.2, 0) is 6.42 Å². The van der Waals surface area contributed by atoms with Crippen molar-refractivity contribution < 1.29 is 9.18 Å². The highest BCUT2D eigenvalue weighted by atomic mass is 79.9. The molecule has 0 radical (unpaired) electrons. The number of carbonyl (C=O) groups excluding carboxylic acids is 1. The van der Waals surface area contributed by atoms with E-state index in [0.29, 0.717) is 28.6 Å². The molecule has 1 aromatic rings. The fourth-order valence-electron chi connectivity index (χ4n) is 1.64. The van der Waals surface area contributed by atoms with Crippen molar-refractivity contribution in [2.75, 3.05) is 13.6 Å². The van der Waals surface area contributed by atoms with Crippen LogP contribution in [0.5, 0.6) is 0 Å². The van der Waals surface area contributed by atoms with E-state index in [2.05, 4.69) is 15.9 Å². The molecular formula is C10H9BrFNO. The molecule has 0 bridgehead atoms. The van der Waals surface area contributed by atoms with Gasteiger partial charge in [0.15, 0.2) is 0 Å². The number of amides is 1. The molecule has 1 amide bonds. The molecule has 2 rings (SSSR count). The average Bonchev–Trinajstić information content (AvgIpc) is 2.12. The lowest BCUT2D eigenvalue weighted by molar-refractivity contribution is 0.0779. The topological polar surface area (TPSA) is 20.3 Å². The zero-order chi connectivity index (χ0) is 10.3. The summed E-state index contributed by atoms with van der Waals surface area (Å²) < 4.78 is 14.0. The van der Waals surface area contributed by atoms with Crippen LogP contribution in [0.3, 0.4) is 0 Å². The first-order valence-corrected chi connectivity index (χ1v) is 5.12. The van der Waals surface area contributed by atoms with Gasteiger partial charge in [0.05, 0.1) is 0 Å². The molecule has 14 heavy (non-hydrogen) atoms. The number of benzene rings is 1. The summed E-state index contributed by atoms with van der Waals surface area (Å²) in [6.45, 7) is 0.588. The highest BCUT2D eigenvalue weighted by Gasteiger charge is 2.24. The summed E-state index contributed by atoms with van der Waals surface area (Å²) >= 11 is 3.18. The molecule has 0 saturated carbocycles. The Morgan fingerprint density at radius 1 is 1.50 bits per heavy atom. The van der Waals surface area contributed by atoms with E-state index in [0.717, 1.165) is 0 Å². The highest BCUT2D eigenvalue weighted by Crippen LogP contribution is 2.25. The van der Waals surface area contributed by atoms with Gasteiger partial charge in [0.25, 0.3) is 5.91 Å². The third kappa shape index (κ3) is 1.43. The number of rotatable bonds is 0. The number of fused-ring (bicyclic) bond motifs is 1. The van der Waals surface area contributed by atoms with Crippen molar-refractivity contribution in [3.05, 3.63) is 33.5 Å². The molecule has 1 heterocycles. The minimum atomic E-state index is -0.296. The predicted molar refractivity (Wildman–Crippen MR) is 54.8 cm³/mol. The Labute approximate surface area is 89.8 Å². The first kappa shape index (κ1) is 9.65. The van der Waals surface area contributed by atoms with Crippen molar-refractivity contribution in [2.45, 2.75) is 6.42 Å². The van der Waals surface area contributed by atoms with Crippen LogP contribution < -0.4 is 0 Å². The smallest absolute Gasteiger partial charge is 0.254 e. The number of hydrogen-bond donors (Lipinski definition) is 0. The summed E-state index contributed by atoms with van der Waals surface area (Å²) in [6, 6.07) is 3.08. The molecule has 0 N–H and O–H groups in total.